The summed E-state index contributed by atoms with van der Waals surface area (Å²) < 4.78 is 0. The van der Waals surface area contributed by atoms with Crippen molar-refractivity contribution in [3.8, 4) is 0 Å². The summed E-state index contributed by atoms with van der Waals surface area (Å²) in [6.07, 6.45) is 5.57. The molecule has 2 atom stereocenters. The normalized spacial score (nSPS) is 22.9. The Labute approximate surface area is 130 Å². The standard InChI is InChI=1S/C15H22ClN3O2/c1-9(2)14-17-8-10(16)13(19-14)15(21)18-11-6-4-3-5-7-12(11)20/h8-9,11-12,20H,3-7H2,1-2H3,(H,18,21). The van der Waals surface area contributed by atoms with Gasteiger partial charge in [-0.3, -0.25) is 4.79 Å². The predicted octanol–water partition coefficient (Wildman–Crippen LogP) is 2.68. The van der Waals surface area contributed by atoms with Crippen molar-refractivity contribution in [2.24, 2.45) is 0 Å². The highest BCUT2D eigenvalue weighted by Gasteiger charge is 2.25. The van der Waals surface area contributed by atoms with E-state index in [1.54, 1.807) is 0 Å². The number of carbonyl (C=O) groups is 1. The molecule has 2 N–H and O–H groups in total. The van der Waals surface area contributed by atoms with Gasteiger partial charge in [-0.1, -0.05) is 44.7 Å². The lowest BCUT2D eigenvalue weighted by Gasteiger charge is -2.21. The van der Waals surface area contributed by atoms with E-state index in [4.69, 9.17) is 11.6 Å². The predicted molar refractivity (Wildman–Crippen MR) is 81.5 cm³/mol. The van der Waals surface area contributed by atoms with Crippen LogP contribution in [-0.2, 0) is 0 Å². The molecule has 1 amide bonds. The summed E-state index contributed by atoms with van der Waals surface area (Å²) in [5, 5.41) is 13.2. The van der Waals surface area contributed by atoms with Crippen molar-refractivity contribution in [2.75, 3.05) is 0 Å². The molecule has 0 radical (unpaired) electrons. The van der Waals surface area contributed by atoms with Gasteiger partial charge in [0.2, 0.25) is 0 Å². The van der Waals surface area contributed by atoms with E-state index in [0.717, 1.165) is 32.1 Å². The molecule has 21 heavy (non-hydrogen) atoms. The zero-order valence-electron chi connectivity index (χ0n) is 12.5. The Bertz CT molecular complexity index is 508. The summed E-state index contributed by atoms with van der Waals surface area (Å²) in [4.78, 5) is 20.7. The molecule has 1 saturated carbocycles. The lowest BCUT2D eigenvalue weighted by molar-refractivity contribution is 0.0814. The quantitative estimate of drug-likeness (QED) is 0.842. The van der Waals surface area contributed by atoms with Crippen LogP contribution in [0.3, 0.4) is 0 Å². The smallest absolute Gasteiger partial charge is 0.271 e. The van der Waals surface area contributed by atoms with Crippen molar-refractivity contribution in [3.63, 3.8) is 0 Å². The number of aromatic nitrogens is 2. The average molecular weight is 312 g/mol. The van der Waals surface area contributed by atoms with Gasteiger partial charge < -0.3 is 10.4 Å². The molecule has 1 aliphatic carbocycles. The van der Waals surface area contributed by atoms with Gasteiger partial charge in [0.15, 0.2) is 0 Å². The second-order valence-electron chi connectivity index (χ2n) is 5.86. The van der Waals surface area contributed by atoms with Gasteiger partial charge in [-0.05, 0) is 12.8 Å². The van der Waals surface area contributed by atoms with Gasteiger partial charge in [0.1, 0.15) is 11.5 Å². The molecule has 0 aliphatic heterocycles. The summed E-state index contributed by atoms with van der Waals surface area (Å²) in [5.74, 6) is 0.374. The van der Waals surface area contributed by atoms with Crippen LogP contribution in [0.25, 0.3) is 0 Å². The largest absolute Gasteiger partial charge is 0.391 e. The van der Waals surface area contributed by atoms with Crippen molar-refractivity contribution in [2.45, 2.75) is 64.0 Å². The zero-order chi connectivity index (χ0) is 15.4. The molecule has 116 valence electrons. The van der Waals surface area contributed by atoms with Crippen molar-refractivity contribution in [3.05, 3.63) is 22.7 Å². The first-order chi connectivity index (χ1) is 9.99. The second kappa shape index (κ2) is 7.18. The Balaban J connectivity index is 2.13. The van der Waals surface area contributed by atoms with E-state index in [1.165, 1.54) is 6.20 Å². The minimum absolute atomic E-state index is 0.122. The maximum Gasteiger partial charge on any atom is 0.271 e. The highest BCUT2D eigenvalue weighted by molar-refractivity contribution is 6.33. The van der Waals surface area contributed by atoms with Crippen LogP contribution in [-0.4, -0.2) is 33.1 Å². The maximum absolute atomic E-state index is 12.4. The van der Waals surface area contributed by atoms with Gasteiger partial charge in [-0.25, -0.2) is 9.97 Å². The van der Waals surface area contributed by atoms with Crippen LogP contribution in [0.1, 0.15) is 68.2 Å². The minimum Gasteiger partial charge on any atom is -0.391 e. The molecule has 2 unspecified atom stereocenters. The number of aliphatic hydroxyl groups excluding tert-OH is 1. The number of carbonyl (C=O) groups excluding carboxylic acids is 1. The number of aliphatic hydroxyl groups is 1. The topological polar surface area (TPSA) is 75.1 Å². The van der Waals surface area contributed by atoms with Gasteiger partial charge in [-0.2, -0.15) is 0 Å². The maximum atomic E-state index is 12.4. The second-order valence-corrected chi connectivity index (χ2v) is 6.27. The molecule has 1 fully saturated rings. The number of halogens is 1. The SMILES string of the molecule is CC(C)c1ncc(Cl)c(C(=O)NC2CCCCCC2O)n1. The summed E-state index contributed by atoms with van der Waals surface area (Å²) >= 11 is 6.03. The first-order valence-electron chi connectivity index (χ1n) is 7.50. The molecule has 0 bridgehead atoms. The Hall–Kier alpha value is -1.20. The van der Waals surface area contributed by atoms with Crippen LogP contribution >= 0.6 is 11.6 Å². The third-order valence-electron chi connectivity index (χ3n) is 3.79. The number of hydrogen-bond donors (Lipinski definition) is 2. The molecule has 1 heterocycles. The lowest BCUT2D eigenvalue weighted by atomic mass is 10.1. The van der Waals surface area contributed by atoms with Crippen LogP contribution in [0, 0.1) is 0 Å². The number of hydrogen-bond acceptors (Lipinski definition) is 4. The molecule has 0 saturated heterocycles. The van der Waals surface area contributed by atoms with E-state index < -0.39 is 6.10 Å². The molecule has 0 spiro atoms. The molecule has 5 nitrogen and oxygen atoms in total. The van der Waals surface area contributed by atoms with E-state index in [1.807, 2.05) is 13.8 Å². The Morgan fingerprint density at radius 2 is 2.10 bits per heavy atom. The molecule has 1 aromatic rings. The molecular weight excluding hydrogens is 290 g/mol. The number of nitrogens with one attached hydrogen (secondary N) is 1. The van der Waals surface area contributed by atoms with Crippen LogP contribution in [0.5, 0.6) is 0 Å². The Morgan fingerprint density at radius 3 is 2.81 bits per heavy atom. The van der Waals surface area contributed by atoms with Crippen LogP contribution in [0.15, 0.2) is 6.20 Å². The van der Waals surface area contributed by atoms with E-state index in [2.05, 4.69) is 15.3 Å². The lowest BCUT2D eigenvalue weighted by Crippen LogP contribution is -2.43. The Morgan fingerprint density at radius 1 is 1.38 bits per heavy atom. The molecular formula is C15H22ClN3O2. The van der Waals surface area contributed by atoms with E-state index in [0.29, 0.717) is 5.82 Å². The summed E-state index contributed by atoms with van der Waals surface area (Å²) in [5.41, 5.74) is 0.187. The third kappa shape index (κ3) is 4.14. The molecule has 0 aromatic carbocycles. The van der Waals surface area contributed by atoms with Crippen molar-refractivity contribution in [1.29, 1.82) is 0 Å². The van der Waals surface area contributed by atoms with Crippen LogP contribution in [0.2, 0.25) is 5.02 Å². The number of rotatable bonds is 3. The summed E-state index contributed by atoms with van der Waals surface area (Å²) in [6.45, 7) is 3.92. The van der Waals surface area contributed by atoms with Gasteiger partial charge in [0.25, 0.3) is 5.91 Å². The number of amides is 1. The van der Waals surface area contributed by atoms with Gasteiger partial charge >= 0.3 is 0 Å². The minimum atomic E-state index is -0.498. The molecule has 6 heteroatoms. The fourth-order valence-electron chi connectivity index (χ4n) is 2.51. The fraction of sp³-hybridized carbons (Fsp3) is 0.667. The molecule has 1 aliphatic rings. The van der Waals surface area contributed by atoms with Crippen LogP contribution in [0.4, 0.5) is 0 Å². The fourth-order valence-corrected chi connectivity index (χ4v) is 2.69. The highest BCUT2D eigenvalue weighted by Crippen LogP contribution is 2.20. The summed E-state index contributed by atoms with van der Waals surface area (Å²) in [6, 6.07) is -0.228. The molecule has 1 aromatic heterocycles. The van der Waals surface area contributed by atoms with Gasteiger partial charge in [0.05, 0.1) is 23.4 Å². The molecule has 2 rings (SSSR count). The monoisotopic (exact) mass is 311 g/mol. The van der Waals surface area contributed by atoms with Crippen molar-refractivity contribution >= 4 is 17.5 Å². The van der Waals surface area contributed by atoms with E-state index in [-0.39, 0.29) is 28.6 Å². The highest BCUT2D eigenvalue weighted by atomic mass is 35.5. The third-order valence-corrected chi connectivity index (χ3v) is 4.07. The Kier molecular flexibility index (Phi) is 5.53. The van der Waals surface area contributed by atoms with Crippen molar-refractivity contribution < 1.29 is 9.90 Å². The van der Waals surface area contributed by atoms with E-state index in [9.17, 15) is 9.90 Å². The summed E-state index contributed by atoms with van der Waals surface area (Å²) in [7, 11) is 0. The van der Waals surface area contributed by atoms with Gasteiger partial charge in [0, 0.05) is 5.92 Å². The zero-order valence-corrected chi connectivity index (χ0v) is 13.2. The first kappa shape index (κ1) is 16.2. The van der Waals surface area contributed by atoms with Crippen molar-refractivity contribution in [1.82, 2.24) is 15.3 Å². The number of nitrogens with zero attached hydrogens (tertiary/aromatic N) is 2. The average Bonchev–Trinajstić information content (AvgIpc) is 2.64. The van der Waals surface area contributed by atoms with E-state index >= 15 is 0 Å². The van der Waals surface area contributed by atoms with Crippen LogP contribution < -0.4 is 5.32 Å². The van der Waals surface area contributed by atoms with Gasteiger partial charge in [-0.15, -0.1) is 0 Å². The first-order valence-corrected chi connectivity index (χ1v) is 7.88.